The number of methoxy groups -OCH3 is 2. The average Bonchev–Trinajstić information content (AvgIpc) is 2.39. The lowest BCUT2D eigenvalue weighted by Gasteiger charge is -2.12. The summed E-state index contributed by atoms with van der Waals surface area (Å²) in [7, 11) is 2.91. The van der Waals surface area contributed by atoms with Crippen molar-refractivity contribution in [3.05, 3.63) is 17.7 Å². The zero-order valence-electron chi connectivity index (χ0n) is 10.7. The average molecular weight is 252 g/mol. The smallest absolute Gasteiger partial charge is 0.311 e. The highest BCUT2D eigenvalue weighted by atomic mass is 16.6. The van der Waals surface area contributed by atoms with Crippen LogP contribution in [0.3, 0.4) is 0 Å². The van der Waals surface area contributed by atoms with Crippen LogP contribution >= 0.6 is 0 Å². The second-order valence-corrected chi connectivity index (χ2v) is 3.59. The van der Waals surface area contributed by atoms with Gasteiger partial charge in [0.05, 0.1) is 19.8 Å². The first-order valence-electron chi connectivity index (χ1n) is 5.58. The van der Waals surface area contributed by atoms with E-state index in [1.165, 1.54) is 20.3 Å². The number of esters is 1. The van der Waals surface area contributed by atoms with E-state index in [2.05, 4.69) is 0 Å². The van der Waals surface area contributed by atoms with Crippen molar-refractivity contribution >= 4 is 12.3 Å². The molecule has 0 bridgehead atoms. The fraction of sp³-hybridized carbons (Fsp3) is 0.385. The van der Waals surface area contributed by atoms with Gasteiger partial charge in [-0.2, -0.15) is 0 Å². The number of benzene rings is 1. The molecule has 0 aliphatic heterocycles. The lowest BCUT2D eigenvalue weighted by atomic mass is 10.2. The Labute approximate surface area is 106 Å². The van der Waals surface area contributed by atoms with E-state index in [1.807, 2.05) is 6.92 Å². The van der Waals surface area contributed by atoms with Crippen molar-refractivity contribution in [1.29, 1.82) is 0 Å². The molecule has 1 aromatic carbocycles. The van der Waals surface area contributed by atoms with Crippen LogP contribution in [0.2, 0.25) is 0 Å². The van der Waals surface area contributed by atoms with Crippen molar-refractivity contribution in [1.82, 2.24) is 0 Å². The molecule has 0 aliphatic carbocycles. The molecule has 0 heterocycles. The summed E-state index contributed by atoms with van der Waals surface area (Å²) in [6.07, 6.45) is 1.56. The number of carbonyl (C=O) groups is 2. The molecule has 0 unspecified atom stereocenters. The van der Waals surface area contributed by atoms with Gasteiger partial charge in [-0.3, -0.25) is 9.59 Å². The molecule has 5 heteroatoms. The fourth-order valence-electron chi connectivity index (χ4n) is 1.43. The summed E-state index contributed by atoms with van der Waals surface area (Å²) in [4.78, 5) is 22.5. The van der Waals surface area contributed by atoms with Crippen molar-refractivity contribution in [2.24, 2.45) is 0 Å². The van der Waals surface area contributed by atoms with Gasteiger partial charge >= 0.3 is 5.97 Å². The van der Waals surface area contributed by atoms with Crippen LogP contribution in [0.4, 0.5) is 0 Å². The van der Waals surface area contributed by atoms with Gasteiger partial charge in [0.2, 0.25) is 0 Å². The third-order valence-corrected chi connectivity index (χ3v) is 2.31. The molecule has 1 aromatic rings. The predicted octanol–water partition coefficient (Wildman–Crippen LogP) is 2.22. The summed E-state index contributed by atoms with van der Waals surface area (Å²) < 4.78 is 15.3. The van der Waals surface area contributed by atoms with E-state index in [-0.39, 0.29) is 17.7 Å². The second kappa shape index (κ2) is 6.64. The number of aldehydes is 1. The molecular weight excluding hydrogens is 236 g/mol. The maximum absolute atomic E-state index is 11.5. The van der Waals surface area contributed by atoms with Gasteiger partial charge in [-0.25, -0.2) is 0 Å². The molecule has 0 spiro atoms. The third-order valence-electron chi connectivity index (χ3n) is 2.31. The van der Waals surface area contributed by atoms with Crippen LogP contribution in [0.5, 0.6) is 17.2 Å². The predicted molar refractivity (Wildman–Crippen MR) is 65.5 cm³/mol. The molecule has 0 N–H and O–H groups in total. The summed E-state index contributed by atoms with van der Waals surface area (Å²) >= 11 is 0. The molecule has 5 nitrogen and oxygen atoms in total. The summed E-state index contributed by atoms with van der Waals surface area (Å²) in [5.41, 5.74) is 0.218. The SMILES string of the molecule is CCCC(=O)Oc1c(C=O)cc(OC)cc1OC. The first-order valence-corrected chi connectivity index (χ1v) is 5.58. The van der Waals surface area contributed by atoms with Crippen molar-refractivity contribution in [3.8, 4) is 17.2 Å². The molecule has 0 radical (unpaired) electrons. The molecule has 0 atom stereocenters. The Morgan fingerprint density at radius 3 is 2.50 bits per heavy atom. The number of hydrogen-bond acceptors (Lipinski definition) is 5. The minimum atomic E-state index is -0.399. The Balaban J connectivity index is 3.14. The quantitative estimate of drug-likeness (QED) is 0.441. The van der Waals surface area contributed by atoms with E-state index >= 15 is 0 Å². The van der Waals surface area contributed by atoms with E-state index in [4.69, 9.17) is 14.2 Å². The Morgan fingerprint density at radius 1 is 1.28 bits per heavy atom. The zero-order chi connectivity index (χ0) is 13.5. The van der Waals surface area contributed by atoms with Gasteiger partial charge in [-0.05, 0) is 12.5 Å². The molecule has 0 fully saturated rings. The van der Waals surface area contributed by atoms with Gasteiger partial charge in [0.1, 0.15) is 5.75 Å². The third kappa shape index (κ3) is 3.23. The molecule has 0 amide bonds. The first-order chi connectivity index (χ1) is 8.65. The van der Waals surface area contributed by atoms with Gasteiger partial charge in [0.15, 0.2) is 17.8 Å². The Hall–Kier alpha value is -2.04. The van der Waals surface area contributed by atoms with Crippen LogP contribution in [-0.4, -0.2) is 26.5 Å². The largest absolute Gasteiger partial charge is 0.497 e. The molecule has 0 aliphatic rings. The number of ether oxygens (including phenoxy) is 3. The maximum Gasteiger partial charge on any atom is 0.311 e. The number of carbonyl (C=O) groups excluding carboxylic acids is 2. The van der Waals surface area contributed by atoms with Crippen molar-refractivity contribution in [2.75, 3.05) is 14.2 Å². The normalized spacial score (nSPS) is 9.72. The lowest BCUT2D eigenvalue weighted by Crippen LogP contribution is -2.09. The van der Waals surface area contributed by atoms with E-state index in [9.17, 15) is 9.59 Å². The summed E-state index contributed by atoms with van der Waals surface area (Å²) in [6.45, 7) is 1.87. The van der Waals surface area contributed by atoms with Crippen LogP contribution in [0.25, 0.3) is 0 Å². The number of rotatable bonds is 6. The highest BCUT2D eigenvalue weighted by Crippen LogP contribution is 2.35. The molecule has 0 saturated heterocycles. The topological polar surface area (TPSA) is 61.8 Å². The van der Waals surface area contributed by atoms with Crippen LogP contribution in [0.15, 0.2) is 12.1 Å². The van der Waals surface area contributed by atoms with Gasteiger partial charge < -0.3 is 14.2 Å². The second-order valence-electron chi connectivity index (χ2n) is 3.59. The monoisotopic (exact) mass is 252 g/mol. The first kappa shape index (κ1) is 14.0. The van der Waals surface area contributed by atoms with Gasteiger partial charge in [0.25, 0.3) is 0 Å². The van der Waals surface area contributed by atoms with E-state index in [0.717, 1.165) is 0 Å². The van der Waals surface area contributed by atoms with Gasteiger partial charge in [-0.15, -0.1) is 0 Å². The van der Waals surface area contributed by atoms with E-state index < -0.39 is 5.97 Å². The van der Waals surface area contributed by atoms with Crippen molar-refractivity contribution in [3.63, 3.8) is 0 Å². The molecule has 0 aromatic heterocycles. The molecule has 0 saturated carbocycles. The van der Waals surface area contributed by atoms with Crippen LogP contribution in [0.1, 0.15) is 30.1 Å². The Morgan fingerprint density at radius 2 is 2.00 bits per heavy atom. The fourth-order valence-corrected chi connectivity index (χ4v) is 1.43. The van der Waals surface area contributed by atoms with Crippen molar-refractivity contribution < 1.29 is 23.8 Å². The zero-order valence-corrected chi connectivity index (χ0v) is 10.7. The van der Waals surface area contributed by atoms with E-state index in [1.54, 1.807) is 6.07 Å². The minimum Gasteiger partial charge on any atom is -0.497 e. The summed E-state index contributed by atoms with van der Waals surface area (Å²) in [5, 5.41) is 0. The maximum atomic E-state index is 11.5. The van der Waals surface area contributed by atoms with Crippen LogP contribution in [0, 0.1) is 0 Å². The Kier molecular flexibility index (Phi) is 5.17. The highest BCUT2D eigenvalue weighted by Gasteiger charge is 2.16. The van der Waals surface area contributed by atoms with Crippen molar-refractivity contribution in [2.45, 2.75) is 19.8 Å². The van der Waals surface area contributed by atoms with Gasteiger partial charge in [0, 0.05) is 12.5 Å². The summed E-state index contributed by atoms with van der Waals surface area (Å²) in [6, 6.07) is 3.05. The number of hydrogen-bond donors (Lipinski definition) is 0. The molecule has 98 valence electrons. The highest BCUT2D eigenvalue weighted by molar-refractivity contribution is 5.85. The molecule has 1 rings (SSSR count). The van der Waals surface area contributed by atoms with Crippen LogP contribution < -0.4 is 14.2 Å². The van der Waals surface area contributed by atoms with Crippen LogP contribution in [-0.2, 0) is 4.79 Å². The van der Waals surface area contributed by atoms with E-state index in [0.29, 0.717) is 24.2 Å². The lowest BCUT2D eigenvalue weighted by molar-refractivity contribution is -0.134. The van der Waals surface area contributed by atoms with Gasteiger partial charge in [-0.1, -0.05) is 6.92 Å². The minimum absolute atomic E-state index is 0.131. The Bertz CT molecular complexity index is 439. The molecule has 18 heavy (non-hydrogen) atoms. The standard InChI is InChI=1S/C13H16O5/c1-4-5-12(15)18-13-9(8-14)6-10(16-2)7-11(13)17-3/h6-8H,4-5H2,1-3H3. The molecular formula is C13H16O5. The summed E-state index contributed by atoms with van der Waals surface area (Å²) in [5.74, 6) is 0.487.